The molecule has 0 unspecified atom stereocenters. The first kappa shape index (κ1) is 20.1. The van der Waals surface area contributed by atoms with Crippen LogP contribution in [0.15, 0.2) is 12.1 Å². The lowest BCUT2D eigenvalue weighted by Crippen LogP contribution is -2.40. The second-order valence-electron chi connectivity index (χ2n) is 8.18. The van der Waals surface area contributed by atoms with Crippen molar-refractivity contribution in [1.29, 1.82) is 5.26 Å². The smallest absolute Gasteiger partial charge is 0.153 e. The minimum Gasteiger partial charge on any atom is -0.390 e. The lowest BCUT2D eigenvalue weighted by atomic mass is 9.77. The van der Waals surface area contributed by atoms with Crippen LogP contribution in [0.25, 0.3) is 11.3 Å². The molecule has 2 aliphatic rings. The number of piperidine rings is 1. The van der Waals surface area contributed by atoms with E-state index >= 15 is 0 Å². The Morgan fingerprint density at radius 1 is 1.21 bits per heavy atom. The third-order valence-corrected chi connectivity index (χ3v) is 6.83. The Balaban J connectivity index is 1.68. The largest absolute Gasteiger partial charge is 0.390 e. The van der Waals surface area contributed by atoms with Gasteiger partial charge in [-0.25, -0.2) is 14.4 Å². The van der Waals surface area contributed by atoms with Crippen LogP contribution < -0.4 is 4.90 Å². The van der Waals surface area contributed by atoms with E-state index < -0.39 is 5.82 Å². The van der Waals surface area contributed by atoms with Gasteiger partial charge in [0.2, 0.25) is 0 Å². The summed E-state index contributed by atoms with van der Waals surface area (Å²) in [6.45, 7) is 3.29. The molecule has 1 aliphatic heterocycles. The number of nitrogens with zero attached hydrogens (tertiary/aromatic N) is 4. The Labute approximate surface area is 175 Å². The second kappa shape index (κ2) is 7.89. The Kier molecular flexibility index (Phi) is 5.46. The topological polar surface area (TPSA) is 73.0 Å². The van der Waals surface area contributed by atoms with Gasteiger partial charge in [0.05, 0.1) is 23.0 Å². The highest BCUT2D eigenvalue weighted by Crippen LogP contribution is 2.46. The van der Waals surface area contributed by atoms with E-state index in [2.05, 4.69) is 9.88 Å². The van der Waals surface area contributed by atoms with Crippen LogP contribution in [0.4, 0.5) is 10.2 Å². The average Bonchev–Trinajstić information content (AvgIpc) is 3.17. The molecule has 0 radical (unpaired) electrons. The highest BCUT2D eigenvalue weighted by molar-refractivity contribution is 6.31. The third-order valence-electron chi connectivity index (χ3n) is 6.52. The van der Waals surface area contributed by atoms with Gasteiger partial charge in [-0.15, -0.1) is 0 Å². The first-order valence-corrected chi connectivity index (χ1v) is 10.5. The first-order chi connectivity index (χ1) is 14.0. The van der Waals surface area contributed by atoms with Crippen molar-refractivity contribution in [2.24, 2.45) is 5.41 Å². The van der Waals surface area contributed by atoms with Gasteiger partial charge in [0.1, 0.15) is 17.3 Å². The predicted molar refractivity (Wildman–Crippen MR) is 110 cm³/mol. The maximum absolute atomic E-state index is 14.8. The van der Waals surface area contributed by atoms with Gasteiger partial charge >= 0.3 is 0 Å². The maximum atomic E-state index is 14.8. The number of aliphatic hydroxyl groups excluding tert-OH is 1. The predicted octanol–water partition coefficient (Wildman–Crippen LogP) is 4.77. The van der Waals surface area contributed by atoms with E-state index in [-0.39, 0.29) is 22.8 Å². The van der Waals surface area contributed by atoms with Crippen molar-refractivity contribution in [1.82, 2.24) is 9.97 Å². The van der Waals surface area contributed by atoms with Crippen LogP contribution in [-0.2, 0) is 6.61 Å². The van der Waals surface area contributed by atoms with Crippen molar-refractivity contribution in [2.45, 2.75) is 52.1 Å². The average molecular weight is 415 g/mol. The van der Waals surface area contributed by atoms with Gasteiger partial charge in [0.25, 0.3) is 0 Å². The van der Waals surface area contributed by atoms with Crippen LogP contribution in [0.1, 0.15) is 55.5 Å². The molecule has 7 heteroatoms. The zero-order valence-electron chi connectivity index (χ0n) is 16.5. The van der Waals surface area contributed by atoms with Crippen molar-refractivity contribution in [3.8, 4) is 17.3 Å². The van der Waals surface area contributed by atoms with E-state index in [0.717, 1.165) is 25.9 Å². The molecule has 1 saturated heterocycles. The van der Waals surface area contributed by atoms with Gasteiger partial charge in [-0.1, -0.05) is 24.4 Å². The molecule has 0 amide bonds. The van der Waals surface area contributed by atoms with Crippen LogP contribution in [0, 0.1) is 29.5 Å². The highest BCUT2D eigenvalue weighted by Gasteiger charge is 2.37. The SMILES string of the molecule is Cc1nc(N2CCC3(CCCC3)CC2)c(CO)nc1-c1ccc(Cl)c(C#N)c1F. The van der Waals surface area contributed by atoms with Crippen molar-refractivity contribution in [3.05, 3.63) is 39.9 Å². The van der Waals surface area contributed by atoms with E-state index in [1.807, 2.05) is 0 Å². The third kappa shape index (κ3) is 3.58. The zero-order valence-corrected chi connectivity index (χ0v) is 17.3. The fourth-order valence-electron chi connectivity index (χ4n) is 4.81. The molecule has 29 heavy (non-hydrogen) atoms. The molecule has 5 nitrogen and oxygen atoms in total. The van der Waals surface area contributed by atoms with Crippen molar-refractivity contribution >= 4 is 17.4 Å². The molecule has 0 bridgehead atoms. The number of benzene rings is 1. The molecule has 2 heterocycles. The van der Waals surface area contributed by atoms with Crippen molar-refractivity contribution in [2.75, 3.05) is 18.0 Å². The van der Waals surface area contributed by atoms with Crippen molar-refractivity contribution in [3.63, 3.8) is 0 Å². The summed E-state index contributed by atoms with van der Waals surface area (Å²) in [6, 6.07) is 4.78. The summed E-state index contributed by atoms with van der Waals surface area (Å²) in [7, 11) is 0. The Hall–Kier alpha value is -2.23. The first-order valence-electron chi connectivity index (χ1n) is 10.1. The molecule has 1 saturated carbocycles. The van der Waals surface area contributed by atoms with Crippen LogP contribution >= 0.6 is 11.6 Å². The Bertz CT molecular complexity index is 972. The van der Waals surface area contributed by atoms with Gasteiger partial charge in [-0.2, -0.15) is 5.26 Å². The Morgan fingerprint density at radius 3 is 2.52 bits per heavy atom. The minimum absolute atomic E-state index is 0.0625. The molecule has 1 aromatic carbocycles. The van der Waals surface area contributed by atoms with Crippen LogP contribution in [0.3, 0.4) is 0 Å². The molecular formula is C22H24ClFN4O. The molecule has 1 spiro atoms. The number of rotatable bonds is 3. The van der Waals surface area contributed by atoms with E-state index in [9.17, 15) is 14.8 Å². The van der Waals surface area contributed by atoms with Crippen LogP contribution in [-0.4, -0.2) is 28.2 Å². The van der Waals surface area contributed by atoms with Gasteiger partial charge in [0.15, 0.2) is 11.6 Å². The lowest BCUT2D eigenvalue weighted by Gasteiger charge is -2.40. The summed E-state index contributed by atoms with van der Waals surface area (Å²) < 4.78 is 14.8. The minimum atomic E-state index is -0.713. The summed E-state index contributed by atoms with van der Waals surface area (Å²) in [5.74, 6) is -0.0355. The number of hydrogen-bond acceptors (Lipinski definition) is 5. The van der Waals surface area contributed by atoms with E-state index in [4.69, 9.17) is 16.6 Å². The lowest BCUT2D eigenvalue weighted by molar-refractivity contribution is 0.225. The summed E-state index contributed by atoms with van der Waals surface area (Å²) in [6.07, 6.45) is 7.55. The molecule has 2 fully saturated rings. The maximum Gasteiger partial charge on any atom is 0.153 e. The number of aromatic nitrogens is 2. The number of halogens is 2. The molecule has 152 valence electrons. The standard InChI is InChI=1S/C22H24ClFN4O/c1-14-20(15-4-5-17(23)16(12-25)19(15)24)27-18(13-29)21(26-14)28-10-8-22(9-11-28)6-2-3-7-22/h4-5,29H,2-3,6-11,13H2,1H3. The van der Waals surface area contributed by atoms with Crippen molar-refractivity contribution < 1.29 is 9.50 Å². The number of aliphatic hydroxyl groups is 1. The highest BCUT2D eigenvalue weighted by atomic mass is 35.5. The van der Waals surface area contributed by atoms with E-state index in [1.54, 1.807) is 13.0 Å². The molecule has 1 aliphatic carbocycles. The fourth-order valence-corrected chi connectivity index (χ4v) is 5.00. The van der Waals surface area contributed by atoms with E-state index in [0.29, 0.717) is 28.3 Å². The number of aryl methyl sites for hydroxylation is 1. The number of anilines is 1. The number of hydrogen-bond donors (Lipinski definition) is 1. The zero-order chi connectivity index (χ0) is 20.6. The summed E-state index contributed by atoms with van der Waals surface area (Å²) in [5.41, 5.74) is 1.76. The Morgan fingerprint density at radius 2 is 1.90 bits per heavy atom. The van der Waals surface area contributed by atoms with Crippen LogP contribution in [0.2, 0.25) is 5.02 Å². The van der Waals surface area contributed by atoms with Crippen LogP contribution in [0.5, 0.6) is 0 Å². The molecular weight excluding hydrogens is 391 g/mol. The summed E-state index contributed by atoms with van der Waals surface area (Å²) >= 11 is 5.92. The quantitative estimate of drug-likeness (QED) is 0.783. The van der Waals surface area contributed by atoms with Gasteiger partial charge in [-0.3, -0.25) is 0 Å². The normalized spacial score (nSPS) is 18.2. The summed E-state index contributed by atoms with van der Waals surface area (Å²) in [4.78, 5) is 11.4. The monoisotopic (exact) mass is 414 g/mol. The number of nitriles is 1. The molecule has 0 atom stereocenters. The summed E-state index contributed by atoms with van der Waals surface area (Å²) in [5, 5.41) is 19.2. The van der Waals surface area contributed by atoms with E-state index in [1.165, 1.54) is 37.8 Å². The van der Waals surface area contributed by atoms with Gasteiger partial charge in [-0.05, 0) is 50.2 Å². The van der Waals surface area contributed by atoms with Gasteiger partial charge in [0, 0.05) is 18.7 Å². The molecule has 4 rings (SSSR count). The van der Waals surface area contributed by atoms with Gasteiger partial charge < -0.3 is 10.0 Å². The molecule has 2 aromatic rings. The molecule has 1 aromatic heterocycles. The second-order valence-corrected chi connectivity index (χ2v) is 8.58. The fraction of sp³-hybridized carbons (Fsp3) is 0.500. The molecule has 1 N–H and O–H groups in total.